The highest BCUT2D eigenvalue weighted by atomic mass is 16.5. The normalized spacial score (nSPS) is 17.4. The molecule has 1 aliphatic heterocycles. The Bertz CT molecular complexity index is 1020. The van der Waals surface area contributed by atoms with E-state index in [0.717, 1.165) is 47.0 Å². The number of carbonyl (C=O) groups is 1. The Labute approximate surface area is 170 Å². The van der Waals surface area contributed by atoms with Gasteiger partial charge in [0.2, 0.25) is 0 Å². The topological polar surface area (TPSA) is 89.3 Å². The lowest BCUT2D eigenvalue weighted by atomic mass is 9.80. The quantitative estimate of drug-likeness (QED) is 0.648. The summed E-state index contributed by atoms with van der Waals surface area (Å²) < 4.78 is 7.89. The molecule has 1 aromatic carbocycles. The zero-order valence-corrected chi connectivity index (χ0v) is 17.0. The average molecular weight is 396 g/mol. The number of para-hydroxylation sites is 1. The molecule has 1 atom stereocenters. The van der Waals surface area contributed by atoms with Crippen LogP contribution in [0.5, 0.6) is 0 Å². The highest BCUT2D eigenvalue weighted by Gasteiger charge is 2.43. The van der Waals surface area contributed by atoms with Crippen molar-refractivity contribution in [1.82, 2.24) is 19.9 Å². The van der Waals surface area contributed by atoms with E-state index in [1.807, 2.05) is 24.4 Å². The molecule has 2 aromatic heterocycles. The Kier molecular flexibility index (Phi) is 5.41. The van der Waals surface area contributed by atoms with Gasteiger partial charge in [-0.2, -0.15) is 0 Å². The number of ether oxygens (including phenoxy) is 1. The van der Waals surface area contributed by atoms with Crippen molar-refractivity contribution < 1.29 is 14.6 Å². The lowest BCUT2D eigenvalue weighted by molar-refractivity contribution is 0.0142. The van der Waals surface area contributed by atoms with E-state index in [0.29, 0.717) is 26.1 Å². The van der Waals surface area contributed by atoms with Crippen molar-refractivity contribution in [2.45, 2.75) is 57.5 Å². The summed E-state index contributed by atoms with van der Waals surface area (Å²) in [6.45, 7) is 5.34. The van der Waals surface area contributed by atoms with Crippen LogP contribution in [0.4, 0.5) is 4.79 Å². The van der Waals surface area contributed by atoms with Crippen molar-refractivity contribution in [3.05, 3.63) is 36.3 Å². The van der Waals surface area contributed by atoms with Gasteiger partial charge in [0, 0.05) is 25.0 Å². The molecule has 1 fully saturated rings. The van der Waals surface area contributed by atoms with Crippen LogP contribution in [-0.4, -0.2) is 44.5 Å². The van der Waals surface area contributed by atoms with Gasteiger partial charge in [0.25, 0.3) is 0 Å². The first-order valence-corrected chi connectivity index (χ1v) is 10.4. The Morgan fingerprint density at radius 3 is 2.72 bits per heavy atom. The Morgan fingerprint density at radius 1 is 1.28 bits per heavy atom. The molecule has 0 saturated carbocycles. The minimum atomic E-state index is -0.984. The van der Waals surface area contributed by atoms with E-state index in [9.17, 15) is 9.90 Å². The summed E-state index contributed by atoms with van der Waals surface area (Å²) in [5.74, 6) is 0.967. The number of carboxylic acid groups (broad SMARTS) is 1. The number of benzene rings is 1. The molecule has 1 aliphatic rings. The third-order valence-electron chi connectivity index (χ3n) is 6.06. The molecule has 4 rings (SSSR count). The number of nitrogens with one attached hydrogen (secondary N) is 1. The van der Waals surface area contributed by atoms with Crippen molar-refractivity contribution in [3.8, 4) is 0 Å². The number of pyridine rings is 1. The van der Waals surface area contributed by atoms with Gasteiger partial charge in [0.15, 0.2) is 0 Å². The summed E-state index contributed by atoms with van der Waals surface area (Å²) in [5, 5.41) is 13.6. The SMILES string of the molecule is CCCC(n1c(CC)nc2cnc3ccccc3c21)C1(NC(=O)O)CCOCC1. The van der Waals surface area contributed by atoms with Crippen molar-refractivity contribution >= 4 is 28.0 Å². The van der Waals surface area contributed by atoms with Gasteiger partial charge in [-0.1, -0.05) is 38.5 Å². The first-order valence-electron chi connectivity index (χ1n) is 10.4. The van der Waals surface area contributed by atoms with Gasteiger partial charge in [-0.15, -0.1) is 0 Å². The number of amides is 1. The fourth-order valence-electron chi connectivity index (χ4n) is 4.77. The second-order valence-electron chi connectivity index (χ2n) is 7.76. The van der Waals surface area contributed by atoms with E-state index in [4.69, 9.17) is 9.72 Å². The van der Waals surface area contributed by atoms with Crippen LogP contribution in [0.15, 0.2) is 30.5 Å². The van der Waals surface area contributed by atoms with E-state index >= 15 is 0 Å². The fraction of sp³-hybridized carbons (Fsp3) is 0.500. The van der Waals surface area contributed by atoms with Crippen LogP contribution in [0.2, 0.25) is 0 Å². The minimum absolute atomic E-state index is 0.0433. The maximum atomic E-state index is 11.8. The molecule has 3 heterocycles. The molecule has 7 nitrogen and oxygen atoms in total. The first kappa shape index (κ1) is 19.6. The van der Waals surface area contributed by atoms with Crippen LogP contribution in [0.25, 0.3) is 21.9 Å². The molecule has 154 valence electrons. The van der Waals surface area contributed by atoms with Crippen LogP contribution < -0.4 is 5.32 Å². The second kappa shape index (κ2) is 7.99. The number of hydrogen-bond acceptors (Lipinski definition) is 4. The van der Waals surface area contributed by atoms with E-state index in [1.165, 1.54) is 0 Å². The Morgan fingerprint density at radius 2 is 2.03 bits per heavy atom. The van der Waals surface area contributed by atoms with Gasteiger partial charge in [-0.25, -0.2) is 9.78 Å². The number of aromatic nitrogens is 3. The number of hydrogen-bond donors (Lipinski definition) is 2. The summed E-state index contributed by atoms with van der Waals surface area (Å²) in [6.07, 6.45) is 4.71. The highest BCUT2D eigenvalue weighted by molar-refractivity contribution is 6.02. The molecule has 0 radical (unpaired) electrons. The van der Waals surface area contributed by atoms with Gasteiger partial charge in [0.1, 0.15) is 11.3 Å². The van der Waals surface area contributed by atoms with Gasteiger partial charge in [0.05, 0.1) is 28.8 Å². The molecule has 0 aliphatic carbocycles. The van der Waals surface area contributed by atoms with Gasteiger partial charge < -0.3 is 19.7 Å². The van der Waals surface area contributed by atoms with Crippen LogP contribution >= 0.6 is 0 Å². The van der Waals surface area contributed by atoms with Crippen molar-refractivity contribution in [2.75, 3.05) is 13.2 Å². The maximum absolute atomic E-state index is 11.8. The van der Waals surface area contributed by atoms with Gasteiger partial charge in [-0.05, 0) is 25.3 Å². The minimum Gasteiger partial charge on any atom is -0.465 e. The summed E-state index contributed by atoms with van der Waals surface area (Å²) in [7, 11) is 0. The predicted molar refractivity (Wildman–Crippen MR) is 112 cm³/mol. The number of aryl methyl sites for hydroxylation is 1. The lowest BCUT2D eigenvalue weighted by Crippen LogP contribution is -2.57. The number of fused-ring (bicyclic) bond motifs is 3. The highest BCUT2D eigenvalue weighted by Crippen LogP contribution is 2.40. The molecule has 0 spiro atoms. The summed E-state index contributed by atoms with van der Waals surface area (Å²) in [4.78, 5) is 21.3. The second-order valence-corrected chi connectivity index (χ2v) is 7.76. The fourth-order valence-corrected chi connectivity index (χ4v) is 4.77. The third kappa shape index (κ3) is 3.44. The molecule has 1 unspecified atom stereocenters. The first-order chi connectivity index (χ1) is 14.1. The average Bonchev–Trinajstić information content (AvgIpc) is 3.11. The summed E-state index contributed by atoms with van der Waals surface area (Å²) in [6, 6.07) is 8.04. The summed E-state index contributed by atoms with van der Waals surface area (Å²) >= 11 is 0. The van der Waals surface area contributed by atoms with Crippen LogP contribution in [0.1, 0.15) is 51.4 Å². The molecule has 1 amide bonds. The van der Waals surface area contributed by atoms with E-state index in [1.54, 1.807) is 0 Å². The van der Waals surface area contributed by atoms with E-state index < -0.39 is 11.6 Å². The molecule has 3 aromatic rings. The van der Waals surface area contributed by atoms with E-state index in [-0.39, 0.29) is 6.04 Å². The number of imidazole rings is 1. The lowest BCUT2D eigenvalue weighted by Gasteiger charge is -2.44. The van der Waals surface area contributed by atoms with Crippen LogP contribution in [0, 0.1) is 0 Å². The number of rotatable bonds is 6. The van der Waals surface area contributed by atoms with Crippen molar-refractivity contribution in [1.29, 1.82) is 0 Å². The Hall–Kier alpha value is -2.67. The monoisotopic (exact) mass is 396 g/mol. The largest absolute Gasteiger partial charge is 0.465 e. The molecule has 7 heteroatoms. The van der Waals surface area contributed by atoms with Crippen LogP contribution in [0.3, 0.4) is 0 Å². The molecular weight excluding hydrogens is 368 g/mol. The van der Waals surface area contributed by atoms with Crippen LogP contribution in [-0.2, 0) is 11.2 Å². The van der Waals surface area contributed by atoms with Gasteiger partial charge in [-0.3, -0.25) is 4.98 Å². The molecular formula is C22H28N4O3. The Balaban J connectivity index is 1.99. The maximum Gasteiger partial charge on any atom is 0.405 e. The predicted octanol–water partition coefficient (Wildman–Crippen LogP) is 4.30. The molecule has 2 N–H and O–H groups in total. The third-order valence-corrected chi connectivity index (χ3v) is 6.06. The standard InChI is InChI=1S/C22H28N4O3/c1-3-7-18(22(25-21(27)28)10-12-29-13-11-22)26-19(4-2)24-17-14-23-16-9-6-5-8-15(16)20(17)26/h5-6,8-9,14,18,25H,3-4,7,10-13H2,1-2H3,(H,27,28). The molecule has 1 saturated heterocycles. The van der Waals surface area contributed by atoms with Gasteiger partial charge >= 0.3 is 6.09 Å². The van der Waals surface area contributed by atoms with E-state index in [2.05, 4.69) is 34.8 Å². The van der Waals surface area contributed by atoms with Crippen molar-refractivity contribution in [2.24, 2.45) is 0 Å². The molecule has 29 heavy (non-hydrogen) atoms. The number of nitrogens with zero attached hydrogens (tertiary/aromatic N) is 3. The summed E-state index contributed by atoms with van der Waals surface area (Å²) in [5.41, 5.74) is 2.25. The van der Waals surface area contributed by atoms with Crippen molar-refractivity contribution in [3.63, 3.8) is 0 Å². The zero-order chi connectivity index (χ0) is 20.4. The zero-order valence-electron chi connectivity index (χ0n) is 17.0. The smallest absolute Gasteiger partial charge is 0.405 e. The molecule has 0 bridgehead atoms.